The summed E-state index contributed by atoms with van der Waals surface area (Å²) in [5, 5.41) is 3.73. The Labute approximate surface area is 104 Å². The van der Waals surface area contributed by atoms with Crippen molar-refractivity contribution in [3.05, 3.63) is 21.9 Å². The number of rotatable bonds is 6. The van der Waals surface area contributed by atoms with E-state index in [1.165, 1.54) is 16.2 Å². The Hall–Kier alpha value is -0.340. The van der Waals surface area contributed by atoms with Crippen LogP contribution in [0.5, 0.6) is 0 Å². The van der Waals surface area contributed by atoms with Crippen LogP contribution in [-0.4, -0.2) is 6.04 Å². The van der Waals surface area contributed by atoms with Crippen LogP contribution in [0, 0.1) is 5.92 Å². The van der Waals surface area contributed by atoms with Crippen molar-refractivity contribution < 1.29 is 0 Å². The minimum atomic E-state index is 0.484. The van der Waals surface area contributed by atoms with Gasteiger partial charge < -0.3 is 5.32 Å². The Bertz CT molecular complexity index is 303. The van der Waals surface area contributed by atoms with Gasteiger partial charge in [0.2, 0.25) is 0 Å². The third-order valence-corrected chi connectivity index (χ3v) is 4.58. The van der Waals surface area contributed by atoms with Gasteiger partial charge in [-0.05, 0) is 37.8 Å². The van der Waals surface area contributed by atoms with Gasteiger partial charge in [-0.1, -0.05) is 27.7 Å². The summed E-state index contributed by atoms with van der Waals surface area (Å²) in [6, 6.07) is 5.64. The van der Waals surface area contributed by atoms with Gasteiger partial charge in [-0.2, -0.15) is 0 Å². The topological polar surface area (TPSA) is 12.0 Å². The SMILES string of the molecule is CCc1ccc(C(C)NC(CC)C(C)C)s1. The molecule has 0 aliphatic rings. The van der Waals surface area contributed by atoms with Gasteiger partial charge in [0.1, 0.15) is 0 Å². The van der Waals surface area contributed by atoms with Gasteiger partial charge in [0.25, 0.3) is 0 Å². The molecule has 0 aliphatic carbocycles. The van der Waals surface area contributed by atoms with E-state index in [1.54, 1.807) is 0 Å². The lowest BCUT2D eigenvalue weighted by Gasteiger charge is -2.24. The Morgan fingerprint density at radius 1 is 1.19 bits per heavy atom. The highest BCUT2D eigenvalue weighted by molar-refractivity contribution is 7.12. The number of nitrogens with one attached hydrogen (secondary N) is 1. The molecule has 0 aliphatic heterocycles. The Kier molecular flexibility index (Phi) is 5.50. The Balaban J connectivity index is 2.60. The lowest BCUT2D eigenvalue weighted by atomic mass is 10.0. The van der Waals surface area contributed by atoms with Crippen molar-refractivity contribution in [3.8, 4) is 0 Å². The molecular formula is C14H25NS. The summed E-state index contributed by atoms with van der Waals surface area (Å²) < 4.78 is 0. The summed E-state index contributed by atoms with van der Waals surface area (Å²) in [6.45, 7) is 11.3. The van der Waals surface area contributed by atoms with Gasteiger partial charge in [-0.15, -0.1) is 11.3 Å². The van der Waals surface area contributed by atoms with E-state index in [2.05, 4.69) is 52.1 Å². The lowest BCUT2D eigenvalue weighted by molar-refractivity contribution is 0.358. The summed E-state index contributed by atoms with van der Waals surface area (Å²) in [5.74, 6) is 0.707. The monoisotopic (exact) mass is 239 g/mol. The second-order valence-electron chi connectivity index (χ2n) is 4.80. The molecule has 0 spiro atoms. The Morgan fingerprint density at radius 2 is 1.88 bits per heavy atom. The zero-order chi connectivity index (χ0) is 12.1. The molecule has 1 aromatic rings. The van der Waals surface area contributed by atoms with E-state index >= 15 is 0 Å². The number of hydrogen-bond donors (Lipinski definition) is 1. The molecule has 92 valence electrons. The first-order valence-corrected chi connectivity index (χ1v) is 7.24. The summed E-state index contributed by atoms with van der Waals surface area (Å²) >= 11 is 1.94. The molecule has 2 heteroatoms. The molecule has 0 saturated heterocycles. The molecule has 1 aromatic heterocycles. The molecule has 1 heterocycles. The first kappa shape index (κ1) is 13.7. The second kappa shape index (κ2) is 6.41. The number of thiophene rings is 1. The van der Waals surface area contributed by atoms with Crippen LogP contribution < -0.4 is 5.32 Å². The van der Waals surface area contributed by atoms with Crippen molar-refractivity contribution in [2.45, 2.75) is 59.5 Å². The standard InChI is InChI=1S/C14H25NS/c1-6-12-8-9-14(16-12)11(5)15-13(7-2)10(3)4/h8-11,13,15H,6-7H2,1-5H3. The first-order valence-electron chi connectivity index (χ1n) is 6.43. The molecule has 1 nitrogen and oxygen atoms in total. The molecule has 0 fully saturated rings. The zero-order valence-corrected chi connectivity index (χ0v) is 12.0. The van der Waals surface area contributed by atoms with Gasteiger partial charge in [0.15, 0.2) is 0 Å². The molecule has 1 N–H and O–H groups in total. The molecule has 2 unspecified atom stereocenters. The maximum absolute atomic E-state index is 3.73. The summed E-state index contributed by atoms with van der Waals surface area (Å²) in [4.78, 5) is 2.96. The molecule has 0 radical (unpaired) electrons. The van der Waals surface area contributed by atoms with Gasteiger partial charge in [-0.3, -0.25) is 0 Å². The van der Waals surface area contributed by atoms with Gasteiger partial charge >= 0.3 is 0 Å². The normalized spacial score (nSPS) is 15.4. The smallest absolute Gasteiger partial charge is 0.0388 e. The highest BCUT2D eigenvalue weighted by atomic mass is 32.1. The predicted molar refractivity (Wildman–Crippen MR) is 74.2 cm³/mol. The van der Waals surface area contributed by atoms with Crippen LogP contribution >= 0.6 is 11.3 Å². The van der Waals surface area contributed by atoms with Crippen LogP contribution in [0.3, 0.4) is 0 Å². The maximum atomic E-state index is 3.73. The first-order chi connectivity index (χ1) is 7.58. The molecule has 2 atom stereocenters. The fourth-order valence-electron chi connectivity index (χ4n) is 2.00. The molecular weight excluding hydrogens is 214 g/mol. The lowest BCUT2D eigenvalue weighted by Crippen LogP contribution is -2.34. The summed E-state index contributed by atoms with van der Waals surface area (Å²) in [5.41, 5.74) is 0. The molecule has 0 saturated carbocycles. The molecule has 0 bridgehead atoms. The predicted octanol–water partition coefficient (Wildman–Crippen LogP) is 4.40. The van der Waals surface area contributed by atoms with Crippen LogP contribution in [0.4, 0.5) is 0 Å². The number of hydrogen-bond acceptors (Lipinski definition) is 2. The average Bonchev–Trinajstić information content (AvgIpc) is 2.73. The van der Waals surface area contributed by atoms with Crippen molar-refractivity contribution in [3.63, 3.8) is 0 Å². The highest BCUT2D eigenvalue weighted by Gasteiger charge is 2.15. The minimum absolute atomic E-state index is 0.484. The van der Waals surface area contributed by atoms with Gasteiger partial charge in [-0.25, -0.2) is 0 Å². The third-order valence-electron chi connectivity index (χ3n) is 3.17. The van der Waals surface area contributed by atoms with Gasteiger partial charge in [0.05, 0.1) is 0 Å². The van der Waals surface area contributed by atoms with E-state index in [9.17, 15) is 0 Å². The van der Waals surface area contributed by atoms with E-state index in [0.29, 0.717) is 18.0 Å². The van der Waals surface area contributed by atoms with Crippen molar-refractivity contribution in [2.75, 3.05) is 0 Å². The van der Waals surface area contributed by atoms with Crippen molar-refractivity contribution >= 4 is 11.3 Å². The fourth-order valence-corrected chi connectivity index (χ4v) is 2.97. The quantitative estimate of drug-likeness (QED) is 0.776. The molecule has 0 aromatic carbocycles. The maximum Gasteiger partial charge on any atom is 0.0388 e. The van der Waals surface area contributed by atoms with E-state index in [-0.39, 0.29) is 0 Å². The zero-order valence-electron chi connectivity index (χ0n) is 11.2. The molecule has 16 heavy (non-hydrogen) atoms. The third kappa shape index (κ3) is 3.60. The van der Waals surface area contributed by atoms with Crippen LogP contribution in [0.1, 0.15) is 56.8 Å². The van der Waals surface area contributed by atoms with Crippen LogP contribution in [-0.2, 0) is 6.42 Å². The highest BCUT2D eigenvalue weighted by Crippen LogP contribution is 2.24. The van der Waals surface area contributed by atoms with E-state index in [4.69, 9.17) is 0 Å². The minimum Gasteiger partial charge on any atom is -0.306 e. The average molecular weight is 239 g/mol. The van der Waals surface area contributed by atoms with Gasteiger partial charge in [0, 0.05) is 21.8 Å². The van der Waals surface area contributed by atoms with Crippen LogP contribution in [0.25, 0.3) is 0 Å². The largest absolute Gasteiger partial charge is 0.306 e. The fraction of sp³-hybridized carbons (Fsp3) is 0.714. The summed E-state index contributed by atoms with van der Waals surface area (Å²) in [6.07, 6.45) is 2.35. The summed E-state index contributed by atoms with van der Waals surface area (Å²) in [7, 11) is 0. The Morgan fingerprint density at radius 3 is 2.31 bits per heavy atom. The van der Waals surface area contributed by atoms with E-state index in [0.717, 1.165) is 6.42 Å². The van der Waals surface area contributed by atoms with Crippen molar-refractivity contribution in [1.29, 1.82) is 0 Å². The molecule has 0 amide bonds. The van der Waals surface area contributed by atoms with E-state index < -0.39 is 0 Å². The number of aryl methyl sites for hydroxylation is 1. The van der Waals surface area contributed by atoms with Crippen molar-refractivity contribution in [1.82, 2.24) is 5.32 Å². The van der Waals surface area contributed by atoms with E-state index in [1.807, 2.05) is 11.3 Å². The second-order valence-corrected chi connectivity index (χ2v) is 6.00. The molecule has 1 rings (SSSR count). The van der Waals surface area contributed by atoms with Crippen LogP contribution in [0.15, 0.2) is 12.1 Å². The van der Waals surface area contributed by atoms with Crippen molar-refractivity contribution in [2.24, 2.45) is 5.92 Å². The van der Waals surface area contributed by atoms with Crippen LogP contribution in [0.2, 0.25) is 0 Å².